The summed E-state index contributed by atoms with van der Waals surface area (Å²) in [5.41, 5.74) is 6.98. The highest BCUT2D eigenvalue weighted by molar-refractivity contribution is 6.10. The van der Waals surface area contributed by atoms with Gasteiger partial charge in [-0.25, -0.2) is 4.79 Å². The molecule has 0 saturated carbocycles. The maximum absolute atomic E-state index is 13.4. The zero-order chi connectivity index (χ0) is 29.8. The average molecular weight is 580 g/mol. The van der Waals surface area contributed by atoms with E-state index in [2.05, 4.69) is 77.6 Å². The highest BCUT2D eigenvalue weighted by atomic mass is 16.5. The van der Waals surface area contributed by atoms with Crippen LogP contribution < -0.4 is 15.5 Å². The van der Waals surface area contributed by atoms with Crippen molar-refractivity contribution in [3.05, 3.63) is 84.2 Å². The van der Waals surface area contributed by atoms with E-state index in [1.165, 1.54) is 5.56 Å². The summed E-state index contributed by atoms with van der Waals surface area (Å²) in [6.07, 6.45) is 1.95. The van der Waals surface area contributed by atoms with Crippen LogP contribution in [0.3, 0.4) is 0 Å². The van der Waals surface area contributed by atoms with Crippen molar-refractivity contribution in [2.75, 3.05) is 68.1 Å². The second-order valence-electron chi connectivity index (χ2n) is 12.3. The number of pyridine rings is 1. The molecule has 0 unspecified atom stereocenters. The summed E-state index contributed by atoms with van der Waals surface area (Å²) in [6.45, 7) is 13.8. The highest BCUT2D eigenvalue weighted by Crippen LogP contribution is 2.35. The topological polar surface area (TPSA) is 79.0 Å². The van der Waals surface area contributed by atoms with Crippen LogP contribution in [0.15, 0.2) is 72.9 Å². The number of ether oxygens (including phenoxy) is 2. The van der Waals surface area contributed by atoms with E-state index in [0.717, 1.165) is 90.6 Å². The zero-order valence-electron chi connectivity index (χ0n) is 25.4. The molecule has 0 spiro atoms. The third kappa shape index (κ3) is 6.82. The van der Waals surface area contributed by atoms with Crippen molar-refractivity contribution in [3.63, 3.8) is 0 Å². The SMILES string of the molecule is CC(C)(C)c1ccc(NC(=O)Nc2ccc(-c3ccc(CN4CCOCC4)nc3)c3ccccc23)c(N2CCOCC2)c1. The zero-order valence-corrected chi connectivity index (χ0v) is 25.4. The quantitative estimate of drug-likeness (QED) is 0.271. The molecule has 3 heterocycles. The molecule has 8 nitrogen and oxygen atoms in total. The summed E-state index contributed by atoms with van der Waals surface area (Å²) in [5.74, 6) is 0. The second-order valence-corrected chi connectivity index (χ2v) is 12.3. The van der Waals surface area contributed by atoms with Crippen molar-refractivity contribution in [1.29, 1.82) is 0 Å². The summed E-state index contributed by atoms with van der Waals surface area (Å²) in [7, 11) is 0. The molecule has 43 heavy (non-hydrogen) atoms. The number of morpholine rings is 2. The first-order valence-corrected chi connectivity index (χ1v) is 15.2. The van der Waals surface area contributed by atoms with E-state index in [-0.39, 0.29) is 11.4 Å². The van der Waals surface area contributed by atoms with Gasteiger partial charge >= 0.3 is 6.03 Å². The molecule has 8 heteroatoms. The van der Waals surface area contributed by atoms with Gasteiger partial charge in [-0.3, -0.25) is 9.88 Å². The van der Waals surface area contributed by atoms with Crippen molar-refractivity contribution in [2.24, 2.45) is 0 Å². The Hall–Kier alpha value is -3.98. The van der Waals surface area contributed by atoms with Crippen LogP contribution in [0.25, 0.3) is 21.9 Å². The molecule has 0 aliphatic carbocycles. The number of anilines is 3. The van der Waals surface area contributed by atoms with Crippen molar-refractivity contribution in [1.82, 2.24) is 9.88 Å². The Morgan fingerprint density at radius 2 is 1.49 bits per heavy atom. The second kappa shape index (κ2) is 12.7. The third-order valence-corrected chi connectivity index (χ3v) is 8.26. The first-order valence-electron chi connectivity index (χ1n) is 15.2. The van der Waals surface area contributed by atoms with Crippen LogP contribution in [-0.4, -0.2) is 68.5 Å². The molecule has 0 atom stereocenters. The molecule has 0 radical (unpaired) electrons. The lowest BCUT2D eigenvalue weighted by molar-refractivity contribution is 0.0336. The molecule has 2 saturated heterocycles. The number of hydrogen-bond acceptors (Lipinski definition) is 6. The molecule has 2 amide bonds. The smallest absolute Gasteiger partial charge is 0.323 e. The summed E-state index contributed by atoms with van der Waals surface area (Å²) < 4.78 is 11.1. The first-order chi connectivity index (χ1) is 20.8. The van der Waals surface area contributed by atoms with Gasteiger partial charge in [0.25, 0.3) is 0 Å². The Kier molecular flexibility index (Phi) is 8.61. The summed E-state index contributed by atoms with van der Waals surface area (Å²) in [5, 5.41) is 8.29. The van der Waals surface area contributed by atoms with Crippen molar-refractivity contribution in [2.45, 2.75) is 32.7 Å². The van der Waals surface area contributed by atoms with Gasteiger partial charge in [0.15, 0.2) is 0 Å². The number of carbonyl (C=O) groups is 1. The van der Waals surface area contributed by atoms with E-state index in [9.17, 15) is 4.79 Å². The maximum atomic E-state index is 13.4. The minimum atomic E-state index is -0.273. The van der Waals surface area contributed by atoms with Gasteiger partial charge in [-0.2, -0.15) is 0 Å². The Labute approximate surface area is 254 Å². The van der Waals surface area contributed by atoms with Gasteiger partial charge in [-0.1, -0.05) is 63.2 Å². The molecule has 2 fully saturated rings. The minimum absolute atomic E-state index is 0.00106. The van der Waals surface area contributed by atoms with E-state index in [1.54, 1.807) is 0 Å². The molecule has 224 valence electrons. The van der Waals surface area contributed by atoms with E-state index < -0.39 is 0 Å². The van der Waals surface area contributed by atoms with Gasteiger partial charge in [-0.15, -0.1) is 0 Å². The van der Waals surface area contributed by atoms with Crippen LogP contribution in [0, 0.1) is 0 Å². The molecule has 3 aromatic carbocycles. The van der Waals surface area contributed by atoms with Gasteiger partial charge in [0.1, 0.15) is 0 Å². The fraction of sp³-hybridized carbons (Fsp3) is 0.371. The first kappa shape index (κ1) is 29.1. The van der Waals surface area contributed by atoms with Crippen molar-refractivity contribution < 1.29 is 14.3 Å². The lowest BCUT2D eigenvalue weighted by Gasteiger charge is -2.32. The number of hydrogen-bond donors (Lipinski definition) is 2. The van der Waals surface area contributed by atoms with Crippen molar-refractivity contribution >= 4 is 33.9 Å². The van der Waals surface area contributed by atoms with Crippen LogP contribution in [0.5, 0.6) is 0 Å². The number of carbonyl (C=O) groups excluding carboxylic acids is 1. The van der Waals surface area contributed by atoms with Crippen molar-refractivity contribution in [3.8, 4) is 11.1 Å². The van der Waals surface area contributed by atoms with E-state index in [1.807, 2.05) is 36.5 Å². The third-order valence-electron chi connectivity index (χ3n) is 8.26. The summed E-state index contributed by atoms with van der Waals surface area (Å²) >= 11 is 0. The Balaban J connectivity index is 1.22. The molecule has 6 rings (SSSR count). The number of urea groups is 1. The molecular weight excluding hydrogens is 538 g/mol. The Bertz CT molecular complexity index is 1570. The van der Waals surface area contributed by atoms with E-state index in [0.29, 0.717) is 13.2 Å². The van der Waals surface area contributed by atoms with Crippen LogP contribution in [0.2, 0.25) is 0 Å². The van der Waals surface area contributed by atoms with Gasteiger partial charge in [0, 0.05) is 49.9 Å². The monoisotopic (exact) mass is 579 g/mol. The molecule has 0 bridgehead atoms. The number of aromatic nitrogens is 1. The molecule has 2 aliphatic rings. The maximum Gasteiger partial charge on any atom is 0.323 e. The number of rotatable bonds is 6. The highest BCUT2D eigenvalue weighted by Gasteiger charge is 2.21. The summed E-state index contributed by atoms with van der Waals surface area (Å²) in [4.78, 5) is 22.8. The molecule has 1 aromatic heterocycles. The average Bonchev–Trinajstić information content (AvgIpc) is 3.02. The van der Waals surface area contributed by atoms with Gasteiger partial charge in [0.2, 0.25) is 0 Å². The van der Waals surface area contributed by atoms with Crippen LogP contribution in [-0.2, 0) is 21.4 Å². The molecule has 2 aliphatic heterocycles. The fourth-order valence-electron chi connectivity index (χ4n) is 5.77. The predicted octanol–water partition coefficient (Wildman–Crippen LogP) is 6.51. The molecule has 2 N–H and O–H groups in total. The molecule has 4 aromatic rings. The predicted molar refractivity (Wildman–Crippen MR) is 174 cm³/mol. The molecular formula is C35H41N5O3. The number of fused-ring (bicyclic) bond motifs is 1. The normalized spacial score (nSPS) is 16.3. The van der Waals surface area contributed by atoms with E-state index in [4.69, 9.17) is 14.5 Å². The van der Waals surface area contributed by atoms with Crippen LogP contribution in [0.1, 0.15) is 32.0 Å². The lowest BCUT2D eigenvalue weighted by atomic mass is 9.86. The van der Waals surface area contributed by atoms with Gasteiger partial charge in [-0.05, 0) is 46.2 Å². The lowest BCUT2D eigenvalue weighted by Crippen LogP contribution is -2.37. The van der Waals surface area contributed by atoms with E-state index >= 15 is 0 Å². The van der Waals surface area contributed by atoms with Crippen LogP contribution in [0.4, 0.5) is 21.9 Å². The fourth-order valence-corrected chi connectivity index (χ4v) is 5.77. The van der Waals surface area contributed by atoms with Gasteiger partial charge in [0.05, 0.1) is 49.2 Å². The number of nitrogens with zero attached hydrogens (tertiary/aromatic N) is 3. The number of nitrogens with one attached hydrogen (secondary N) is 2. The minimum Gasteiger partial charge on any atom is -0.379 e. The van der Waals surface area contributed by atoms with Crippen LogP contribution >= 0.6 is 0 Å². The Morgan fingerprint density at radius 3 is 2.19 bits per heavy atom. The number of benzene rings is 3. The largest absolute Gasteiger partial charge is 0.379 e. The van der Waals surface area contributed by atoms with Gasteiger partial charge < -0.3 is 25.0 Å². The standard InChI is InChI=1S/C35H41N5O3/c1-35(2,3)26-9-12-32(33(22-26)40-16-20-43-21-17-40)38-34(41)37-31-13-11-28(29-6-4-5-7-30(29)31)25-8-10-27(36-23-25)24-39-14-18-42-19-15-39/h4-13,22-23H,14-21,24H2,1-3H3,(H2,37,38,41). The Morgan fingerprint density at radius 1 is 0.814 bits per heavy atom. The number of amides is 2. The summed E-state index contributed by atoms with van der Waals surface area (Å²) in [6, 6.07) is 22.5.